The van der Waals surface area contributed by atoms with E-state index in [9.17, 15) is 9.90 Å². The number of epoxide rings is 2. The third-order valence-corrected chi connectivity index (χ3v) is 7.07. The highest BCUT2D eigenvalue weighted by Gasteiger charge is 2.47. The molecule has 7 heteroatoms. The van der Waals surface area contributed by atoms with Gasteiger partial charge < -0.3 is 28.8 Å². The highest BCUT2D eigenvalue weighted by molar-refractivity contribution is 5.72. The molecule has 7 nitrogen and oxygen atoms in total. The molecule has 1 N–H and O–H groups in total. The number of rotatable bonds is 10. The second kappa shape index (κ2) is 8.56. The number of hydrogen-bond acceptors (Lipinski definition) is 7. The molecule has 2 aliphatic heterocycles. The molecule has 2 saturated carbocycles. The van der Waals surface area contributed by atoms with Crippen LogP contribution in [0.25, 0.3) is 0 Å². The Bertz CT molecular complexity index is 555. The second-order valence-corrected chi connectivity index (χ2v) is 9.10. The van der Waals surface area contributed by atoms with Gasteiger partial charge in [0.2, 0.25) is 0 Å². The van der Waals surface area contributed by atoms with Gasteiger partial charge in [-0.05, 0) is 44.9 Å². The molecule has 2 saturated heterocycles. The van der Waals surface area contributed by atoms with Gasteiger partial charge in [-0.25, -0.2) is 0 Å². The minimum Gasteiger partial charge on any atom is -0.465 e. The van der Waals surface area contributed by atoms with E-state index in [-0.39, 0.29) is 30.5 Å². The van der Waals surface area contributed by atoms with Gasteiger partial charge in [0, 0.05) is 13.0 Å². The summed E-state index contributed by atoms with van der Waals surface area (Å²) < 4.78 is 28.0. The smallest absolute Gasteiger partial charge is 0.309 e. The van der Waals surface area contributed by atoms with Crippen LogP contribution >= 0.6 is 0 Å². The number of hydrogen-bond donors (Lipinski definition) is 1. The molecule has 28 heavy (non-hydrogen) atoms. The van der Waals surface area contributed by atoms with Crippen molar-refractivity contribution in [2.45, 2.75) is 82.6 Å². The van der Waals surface area contributed by atoms with Gasteiger partial charge in [0.05, 0.1) is 49.0 Å². The summed E-state index contributed by atoms with van der Waals surface area (Å²) in [7, 11) is 1.64. The van der Waals surface area contributed by atoms with Crippen LogP contribution in [0, 0.1) is 17.3 Å². The predicted octanol–water partition coefficient (Wildman–Crippen LogP) is 2.04. The molecule has 4 rings (SSSR count). The van der Waals surface area contributed by atoms with Gasteiger partial charge in [-0.15, -0.1) is 0 Å². The maximum Gasteiger partial charge on any atom is 0.309 e. The second-order valence-electron chi connectivity index (χ2n) is 9.10. The van der Waals surface area contributed by atoms with E-state index in [1.165, 1.54) is 0 Å². The molecule has 0 amide bonds. The van der Waals surface area contributed by atoms with Crippen LogP contribution in [0.4, 0.5) is 0 Å². The average molecular weight is 398 g/mol. The summed E-state index contributed by atoms with van der Waals surface area (Å²) in [6, 6.07) is 0. The molecule has 0 aromatic rings. The van der Waals surface area contributed by atoms with E-state index in [2.05, 4.69) is 0 Å². The lowest BCUT2D eigenvalue weighted by atomic mass is 9.86. The quantitative estimate of drug-likeness (QED) is 0.342. The zero-order valence-electron chi connectivity index (χ0n) is 17.0. The van der Waals surface area contributed by atoms with Crippen LogP contribution < -0.4 is 0 Å². The van der Waals surface area contributed by atoms with Crippen LogP contribution in [0.5, 0.6) is 0 Å². The molecule has 0 bridgehead atoms. The standard InChI is InChI=1S/C21H34O7/c1-3-21(10-24-2,11-25-19(22)13-4-6-15-17(8-13)27-15)12-26-20(23)14-5-7-16-18(9-14)28-16/h13-19,22H,3-12H2,1-2H3. The van der Waals surface area contributed by atoms with Gasteiger partial charge in [-0.1, -0.05) is 6.92 Å². The summed E-state index contributed by atoms with van der Waals surface area (Å²) in [4.78, 5) is 12.5. The van der Waals surface area contributed by atoms with Crippen LogP contribution in [-0.4, -0.2) is 68.7 Å². The molecule has 2 aliphatic carbocycles. The Labute approximate surface area is 167 Å². The highest BCUT2D eigenvalue weighted by atomic mass is 16.6. The minimum absolute atomic E-state index is 0.0684. The summed E-state index contributed by atoms with van der Waals surface area (Å²) >= 11 is 0. The molecule has 4 fully saturated rings. The fourth-order valence-electron chi connectivity index (χ4n) is 4.79. The Hall–Kier alpha value is -0.730. The summed E-state index contributed by atoms with van der Waals surface area (Å²) in [5.41, 5.74) is -0.452. The number of esters is 1. The van der Waals surface area contributed by atoms with Crippen molar-refractivity contribution in [1.29, 1.82) is 0 Å². The lowest BCUT2D eigenvalue weighted by Crippen LogP contribution is -2.41. The lowest BCUT2D eigenvalue weighted by Gasteiger charge is -2.34. The molecule has 0 radical (unpaired) electrons. The van der Waals surface area contributed by atoms with Gasteiger partial charge in [-0.3, -0.25) is 4.79 Å². The number of carbonyl (C=O) groups excluding carboxylic acids is 1. The molecule has 8 atom stereocenters. The number of aliphatic hydroxyl groups excluding tert-OH is 1. The van der Waals surface area contributed by atoms with E-state index in [1.54, 1.807) is 7.11 Å². The van der Waals surface area contributed by atoms with Gasteiger partial charge in [-0.2, -0.15) is 0 Å². The SMILES string of the molecule is CCC(COC)(COC(=O)C1CCC2OC2C1)COC(O)C1CCC2OC2C1. The third-order valence-electron chi connectivity index (χ3n) is 7.07. The first kappa shape index (κ1) is 20.5. The molecule has 2 heterocycles. The van der Waals surface area contributed by atoms with Gasteiger partial charge in [0.25, 0.3) is 0 Å². The van der Waals surface area contributed by atoms with E-state index < -0.39 is 11.7 Å². The zero-order chi connectivity index (χ0) is 19.7. The van der Waals surface area contributed by atoms with Crippen molar-refractivity contribution in [3.05, 3.63) is 0 Å². The molecule has 0 aromatic heterocycles. The van der Waals surface area contributed by atoms with Crippen LogP contribution in [0.2, 0.25) is 0 Å². The number of methoxy groups -OCH3 is 1. The average Bonchev–Trinajstić information content (AvgIpc) is 3.62. The van der Waals surface area contributed by atoms with Crippen molar-refractivity contribution in [2.75, 3.05) is 26.9 Å². The summed E-state index contributed by atoms with van der Waals surface area (Å²) in [6.07, 6.45) is 6.59. The van der Waals surface area contributed by atoms with Gasteiger partial charge in [0.1, 0.15) is 6.61 Å². The fraction of sp³-hybridized carbons (Fsp3) is 0.952. The normalized spacial score (nSPS) is 39.2. The van der Waals surface area contributed by atoms with Gasteiger partial charge >= 0.3 is 5.97 Å². The Balaban J connectivity index is 1.26. The maximum atomic E-state index is 12.5. The molecule has 4 aliphatic rings. The number of fused-ring (bicyclic) bond motifs is 2. The maximum absolute atomic E-state index is 12.5. The Morgan fingerprint density at radius 3 is 2.39 bits per heavy atom. The summed E-state index contributed by atoms with van der Waals surface area (Å²) in [6.45, 7) is 3.00. The highest BCUT2D eigenvalue weighted by Crippen LogP contribution is 2.42. The summed E-state index contributed by atoms with van der Waals surface area (Å²) in [5, 5.41) is 10.5. The van der Waals surface area contributed by atoms with Crippen molar-refractivity contribution >= 4 is 5.97 Å². The zero-order valence-corrected chi connectivity index (χ0v) is 17.0. The number of aliphatic hydroxyl groups is 1. The molecule has 0 spiro atoms. The fourth-order valence-corrected chi connectivity index (χ4v) is 4.79. The third kappa shape index (κ3) is 4.70. The van der Waals surface area contributed by atoms with Gasteiger partial charge in [0.15, 0.2) is 6.29 Å². The van der Waals surface area contributed by atoms with E-state index in [1.807, 2.05) is 6.92 Å². The predicted molar refractivity (Wildman–Crippen MR) is 99.5 cm³/mol. The molecular formula is C21H34O7. The first-order chi connectivity index (χ1) is 13.5. The Morgan fingerprint density at radius 1 is 1.04 bits per heavy atom. The van der Waals surface area contributed by atoms with Crippen molar-refractivity contribution in [3.63, 3.8) is 0 Å². The van der Waals surface area contributed by atoms with Crippen molar-refractivity contribution < 1.29 is 33.6 Å². The first-order valence-electron chi connectivity index (χ1n) is 10.8. The lowest BCUT2D eigenvalue weighted by molar-refractivity contribution is -0.180. The van der Waals surface area contributed by atoms with Crippen molar-refractivity contribution in [2.24, 2.45) is 17.3 Å². The van der Waals surface area contributed by atoms with Crippen LogP contribution in [0.1, 0.15) is 51.9 Å². The number of carbonyl (C=O) groups is 1. The Morgan fingerprint density at radius 2 is 1.75 bits per heavy atom. The largest absolute Gasteiger partial charge is 0.465 e. The van der Waals surface area contributed by atoms with E-state index in [4.69, 9.17) is 23.7 Å². The topological polar surface area (TPSA) is 90.1 Å². The van der Waals surface area contributed by atoms with Crippen LogP contribution in [0.3, 0.4) is 0 Å². The van der Waals surface area contributed by atoms with E-state index in [0.717, 1.165) is 44.9 Å². The first-order valence-corrected chi connectivity index (χ1v) is 10.8. The van der Waals surface area contributed by atoms with E-state index >= 15 is 0 Å². The van der Waals surface area contributed by atoms with Crippen LogP contribution in [0.15, 0.2) is 0 Å². The molecular weight excluding hydrogens is 364 g/mol. The molecule has 0 aromatic carbocycles. The number of ether oxygens (including phenoxy) is 5. The molecule has 160 valence electrons. The Kier molecular flexibility index (Phi) is 6.28. The van der Waals surface area contributed by atoms with Crippen molar-refractivity contribution in [3.8, 4) is 0 Å². The van der Waals surface area contributed by atoms with Crippen molar-refractivity contribution in [1.82, 2.24) is 0 Å². The summed E-state index contributed by atoms with van der Waals surface area (Å²) in [5.74, 6) is -0.106. The van der Waals surface area contributed by atoms with Crippen LogP contribution in [-0.2, 0) is 28.5 Å². The molecule has 8 unspecified atom stereocenters. The van der Waals surface area contributed by atoms with E-state index in [0.29, 0.717) is 31.5 Å². The minimum atomic E-state index is -0.814. The monoisotopic (exact) mass is 398 g/mol.